The van der Waals surface area contributed by atoms with Gasteiger partial charge in [-0.3, -0.25) is 14.5 Å². The fraction of sp³-hybridized carbons (Fsp3) is 0.370. The van der Waals surface area contributed by atoms with Crippen LogP contribution in [0.25, 0.3) is 6.08 Å². The standard InChI is InChI=1S/C27H30N2O5S2/c1-3-18-7-10-20(11-8-18)28-25(30)17-34-22-12-9-19(14-23(22)32-4-2)15-24-26(31)29(27(35)36-24)16-21-6-5-13-33-21/h7-12,14-15,21H,3-6,13,16-17H2,1-2H3,(H,28,30)/b24-15-. The van der Waals surface area contributed by atoms with Crippen molar-refractivity contribution in [2.24, 2.45) is 0 Å². The van der Waals surface area contributed by atoms with Gasteiger partial charge in [0.2, 0.25) is 0 Å². The number of thiocarbonyl (C=S) groups is 1. The summed E-state index contributed by atoms with van der Waals surface area (Å²) >= 11 is 6.73. The zero-order valence-electron chi connectivity index (χ0n) is 20.5. The molecule has 9 heteroatoms. The molecule has 1 atom stereocenters. The summed E-state index contributed by atoms with van der Waals surface area (Å²) in [6, 6.07) is 13.1. The van der Waals surface area contributed by atoms with Crippen molar-refractivity contribution in [2.45, 2.75) is 39.2 Å². The van der Waals surface area contributed by atoms with E-state index in [2.05, 4.69) is 12.2 Å². The Morgan fingerprint density at radius 2 is 2.00 bits per heavy atom. The fourth-order valence-corrected chi connectivity index (χ4v) is 5.24. The van der Waals surface area contributed by atoms with E-state index in [1.165, 1.54) is 17.3 Å². The highest BCUT2D eigenvalue weighted by Gasteiger charge is 2.34. The summed E-state index contributed by atoms with van der Waals surface area (Å²) in [5, 5.41) is 2.83. The number of carbonyl (C=O) groups is 2. The lowest BCUT2D eigenvalue weighted by atomic mass is 10.1. The number of carbonyl (C=O) groups excluding carboxylic acids is 2. The monoisotopic (exact) mass is 526 g/mol. The first-order chi connectivity index (χ1) is 17.5. The number of thioether (sulfide) groups is 1. The molecular weight excluding hydrogens is 496 g/mol. The number of anilines is 1. The van der Waals surface area contributed by atoms with Crippen LogP contribution in [0.5, 0.6) is 11.5 Å². The molecule has 0 saturated carbocycles. The van der Waals surface area contributed by atoms with Crippen LogP contribution in [0, 0.1) is 0 Å². The largest absolute Gasteiger partial charge is 0.490 e. The first-order valence-electron chi connectivity index (χ1n) is 12.1. The Hall–Kier alpha value is -2.88. The van der Waals surface area contributed by atoms with Gasteiger partial charge < -0.3 is 19.5 Å². The van der Waals surface area contributed by atoms with E-state index >= 15 is 0 Å². The van der Waals surface area contributed by atoms with Crippen molar-refractivity contribution < 1.29 is 23.8 Å². The van der Waals surface area contributed by atoms with Crippen molar-refractivity contribution in [3.63, 3.8) is 0 Å². The Kier molecular flexibility index (Phi) is 9.01. The quantitative estimate of drug-likeness (QED) is 0.343. The summed E-state index contributed by atoms with van der Waals surface area (Å²) in [7, 11) is 0. The molecule has 7 nitrogen and oxygen atoms in total. The topological polar surface area (TPSA) is 77.1 Å². The average molecular weight is 527 g/mol. The van der Waals surface area contributed by atoms with Crippen LogP contribution in [0.15, 0.2) is 47.4 Å². The zero-order valence-corrected chi connectivity index (χ0v) is 22.1. The van der Waals surface area contributed by atoms with Crippen molar-refractivity contribution in [3.8, 4) is 11.5 Å². The summed E-state index contributed by atoms with van der Waals surface area (Å²) in [6.45, 7) is 5.45. The third kappa shape index (κ3) is 6.66. The number of hydrogen-bond acceptors (Lipinski definition) is 7. The molecule has 2 aromatic rings. The van der Waals surface area contributed by atoms with Crippen LogP contribution < -0.4 is 14.8 Å². The number of aryl methyl sites for hydroxylation is 1. The third-order valence-electron chi connectivity index (χ3n) is 5.85. The number of nitrogens with zero attached hydrogens (tertiary/aromatic N) is 1. The van der Waals surface area contributed by atoms with Crippen LogP contribution in [0.4, 0.5) is 5.69 Å². The van der Waals surface area contributed by atoms with Gasteiger partial charge in [-0.2, -0.15) is 0 Å². The Morgan fingerprint density at radius 1 is 1.19 bits per heavy atom. The molecule has 2 saturated heterocycles. The molecule has 0 spiro atoms. The van der Waals surface area contributed by atoms with Gasteiger partial charge in [-0.1, -0.05) is 49.1 Å². The van der Waals surface area contributed by atoms with Gasteiger partial charge in [0.25, 0.3) is 11.8 Å². The van der Waals surface area contributed by atoms with Crippen molar-refractivity contribution in [1.29, 1.82) is 0 Å². The maximum atomic E-state index is 12.9. The fourth-order valence-electron chi connectivity index (χ4n) is 3.97. The molecule has 0 aliphatic carbocycles. The minimum Gasteiger partial charge on any atom is -0.490 e. The number of amides is 2. The van der Waals surface area contributed by atoms with Gasteiger partial charge in [0.05, 0.1) is 24.2 Å². The molecule has 2 aliphatic rings. The van der Waals surface area contributed by atoms with Crippen LogP contribution in [0.2, 0.25) is 0 Å². The predicted molar refractivity (Wildman–Crippen MR) is 146 cm³/mol. The van der Waals surface area contributed by atoms with Crippen LogP contribution in [0.1, 0.15) is 37.8 Å². The van der Waals surface area contributed by atoms with Crippen molar-refractivity contribution in [2.75, 3.05) is 31.7 Å². The van der Waals surface area contributed by atoms with Gasteiger partial charge in [-0.15, -0.1) is 0 Å². The Balaban J connectivity index is 1.40. The molecule has 1 N–H and O–H groups in total. The number of ether oxygens (including phenoxy) is 3. The second-order valence-corrected chi connectivity index (χ2v) is 10.1. The molecule has 190 valence electrons. The van der Waals surface area contributed by atoms with Gasteiger partial charge in [0.15, 0.2) is 18.1 Å². The van der Waals surface area contributed by atoms with Crippen LogP contribution in [0.3, 0.4) is 0 Å². The Labute approximate surface area is 221 Å². The highest BCUT2D eigenvalue weighted by Crippen LogP contribution is 2.35. The van der Waals surface area contributed by atoms with E-state index in [0.717, 1.165) is 37.1 Å². The number of hydrogen-bond donors (Lipinski definition) is 1. The van der Waals surface area contributed by atoms with E-state index in [9.17, 15) is 9.59 Å². The van der Waals surface area contributed by atoms with E-state index in [4.69, 9.17) is 26.4 Å². The van der Waals surface area contributed by atoms with Crippen LogP contribution >= 0.6 is 24.0 Å². The van der Waals surface area contributed by atoms with Gasteiger partial charge in [0.1, 0.15) is 4.32 Å². The summed E-state index contributed by atoms with van der Waals surface area (Å²) in [6.07, 6.45) is 4.74. The maximum absolute atomic E-state index is 12.9. The number of benzene rings is 2. The van der Waals surface area contributed by atoms with Gasteiger partial charge >= 0.3 is 0 Å². The number of rotatable bonds is 10. The first kappa shape index (κ1) is 26.2. The second-order valence-electron chi connectivity index (χ2n) is 8.45. The van der Waals surface area contributed by atoms with Crippen LogP contribution in [-0.2, 0) is 20.7 Å². The molecule has 0 radical (unpaired) electrons. The lowest BCUT2D eigenvalue weighted by molar-refractivity contribution is -0.123. The average Bonchev–Trinajstić information content (AvgIpc) is 3.48. The summed E-state index contributed by atoms with van der Waals surface area (Å²) in [5.41, 5.74) is 2.71. The molecule has 2 amide bonds. The lowest BCUT2D eigenvalue weighted by Gasteiger charge is -2.18. The van der Waals surface area contributed by atoms with E-state index < -0.39 is 0 Å². The van der Waals surface area contributed by atoms with Gasteiger partial charge in [-0.25, -0.2) is 0 Å². The molecule has 0 bridgehead atoms. The highest BCUT2D eigenvalue weighted by atomic mass is 32.2. The highest BCUT2D eigenvalue weighted by molar-refractivity contribution is 8.26. The van der Waals surface area contributed by atoms with Crippen molar-refractivity contribution in [1.82, 2.24) is 4.90 Å². The van der Waals surface area contributed by atoms with E-state index in [0.29, 0.717) is 33.9 Å². The smallest absolute Gasteiger partial charge is 0.266 e. The molecule has 4 rings (SSSR count). The Morgan fingerprint density at radius 3 is 2.69 bits per heavy atom. The van der Waals surface area contributed by atoms with Crippen molar-refractivity contribution >= 4 is 51.9 Å². The summed E-state index contributed by atoms with van der Waals surface area (Å²) < 4.78 is 17.7. The normalized spacial score (nSPS) is 18.7. The predicted octanol–water partition coefficient (Wildman–Crippen LogP) is 5.05. The summed E-state index contributed by atoms with van der Waals surface area (Å²) in [5.74, 6) is 0.584. The van der Waals surface area contributed by atoms with Crippen molar-refractivity contribution in [3.05, 3.63) is 58.5 Å². The molecule has 2 aliphatic heterocycles. The summed E-state index contributed by atoms with van der Waals surface area (Å²) in [4.78, 5) is 27.5. The van der Waals surface area contributed by atoms with Gasteiger partial charge in [0, 0.05) is 12.3 Å². The Bertz CT molecular complexity index is 1140. The zero-order chi connectivity index (χ0) is 25.5. The molecule has 1 unspecified atom stereocenters. The molecular formula is C27H30N2O5S2. The molecule has 2 heterocycles. The minimum atomic E-state index is -0.263. The maximum Gasteiger partial charge on any atom is 0.266 e. The minimum absolute atomic E-state index is 0.0424. The van der Waals surface area contributed by atoms with Gasteiger partial charge in [-0.05, 0) is 67.7 Å². The molecule has 2 aromatic carbocycles. The first-order valence-corrected chi connectivity index (χ1v) is 13.3. The number of nitrogens with one attached hydrogen (secondary N) is 1. The third-order valence-corrected chi connectivity index (χ3v) is 7.23. The molecule has 0 aromatic heterocycles. The molecule has 2 fully saturated rings. The van der Waals surface area contributed by atoms with E-state index in [1.54, 1.807) is 23.1 Å². The SMILES string of the molecule is CCOc1cc(/C=C2\SC(=S)N(CC3CCCO3)C2=O)ccc1OCC(=O)Nc1ccc(CC)cc1. The second kappa shape index (κ2) is 12.4. The molecule has 36 heavy (non-hydrogen) atoms. The lowest BCUT2D eigenvalue weighted by Crippen LogP contribution is -2.35. The van der Waals surface area contributed by atoms with E-state index in [1.807, 2.05) is 37.3 Å². The van der Waals surface area contributed by atoms with E-state index in [-0.39, 0.29) is 24.5 Å². The van der Waals surface area contributed by atoms with Crippen LogP contribution in [-0.4, -0.2) is 53.5 Å².